The number of halogens is 3. The number of carbonyl (C=O) groups excluding carboxylic acids is 1. The minimum Gasteiger partial charge on any atom is -0.337 e. The van der Waals surface area contributed by atoms with E-state index >= 15 is 0 Å². The van der Waals surface area contributed by atoms with Crippen LogP contribution < -0.4 is 0 Å². The third-order valence-corrected chi connectivity index (χ3v) is 3.54. The fourth-order valence-electron chi connectivity index (χ4n) is 2.55. The number of amides is 1. The number of hydrogen-bond donors (Lipinski definition) is 0. The van der Waals surface area contributed by atoms with Gasteiger partial charge in [-0.1, -0.05) is 17.7 Å². The number of alkyl halides is 3. The first-order valence-corrected chi connectivity index (χ1v) is 7.00. The van der Waals surface area contributed by atoms with Crippen LogP contribution >= 0.6 is 0 Å². The highest BCUT2D eigenvalue weighted by atomic mass is 19.4. The van der Waals surface area contributed by atoms with Crippen LogP contribution in [0.25, 0.3) is 0 Å². The van der Waals surface area contributed by atoms with Crippen LogP contribution in [0.4, 0.5) is 13.2 Å². The summed E-state index contributed by atoms with van der Waals surface area (Å²) in [5.41, 5.74) is 1.59. The van der Waals surface area contributed by atoms with E-state index in [1.54, 1.807) is 17.0 Å². The molecule has 1 heterocycles. The molecule has 0 spiro atoms. The van der Waals surface area contributed by atoms with Gasteiger partial charge in [0, 0.05) is 31.7 Å². The Balaban J connectivity index is 1.98. The summed E-state index contributed by atoms with van der Waals surface area (Å²) in [5, 5.41) is 0. The molecule has 21 heavy (non-hydrogen) atoms. The average molecular weight is 300 g/mol. The molecule has 6 heteroatoms. The molecule has 1 aromatic rings. The van der Waals surface area contributed by atoms with Crippen LogP contribution in [0.3, 0.4) is 0 Å². The maximum Gasteiger partial charge on any atom is 0.401 e. The van der Waals surface area contributed by atoms with Crippen LogP contribution in [0.5, 0.6) is 0 Å². The Kier molecular flexibility index (Phi) is 4.88. The molecule has 0 atom stereocenters. The van der Waals surface area contributed by atoms with Crippen molar-refractivity contribution in [2.75, 3.05) is 32.7 Å². The largest absolute Gasteiger partial charge is 0.401 e. The van der Waals surface area contributed by atoms with Crippen molar-refractivity contribution in [3.05, 3.63) is 35.4 Å². The molecule has 1 amide bonds. The van der Waals surface area contributed by atoms with Crippen LogP contribution in [0.1, 0.15) is 22.3 Å². The summed E-state index contributed by atoms with van der Waals surface area (Å²) in [5.74, 6) is -0.104. The van der Waals surface area contributed by atoms with Gasteiger partial charge in [0.05, 0.1) is 6.54 Å². The first-order valence-electron chi connectivity index (χ1n) is 7.00. The molecule has 116 valence electrons. The molecule has 0 radical (unpaired) electrons. The molecule has 3 nitrogen and oxygen atoms in total. The lowest BCUT2D eigenvalue weighted by atomic mass is 10.1. The molecule has 1 saturated heterocycles. The smallest absolute Gasteiger partial charge is 0.337 e. The number of aryl methyl sites for hydroxylation is 1. The van der Waals surface area contributed by atoms with E-state index in [1.807, 2.05) is 19.1 Å². The van der Waals surface area contributed by atoms with Gasteiger partial charge in [0.1, 0.15) is 0 Å². The summed E-state index contributed by atoms with van der Waals surface area (Å²) >= 11 is 0. The second kappa shape index (κ2) is 6.47. The average Bonchev–Trinajstić information content (AvgIpc) is 2.61. The topological polar surface area (TPSA) is 23.6 Å². The van der Waals surface area contributed by atoms with Crippen LogP contribution in [-0.4, -0.2) is 54.6 Å². The van der Waals surface area contributed by atoms with Gasteiger partial charge < -0.3 is 4.90 Å². The molecule has 0 bridgehead atoms. The van der Waals surface area contributed by atoms with E-state index in [0.717, 1.165) is 5.56 Å². The number of rotatable bonds is 2. The van der Waals surface area contributed by atoms with E-state index in [-0.39, 0.29) is 12.5 Å². The lowest BCUT2D eigenvalue weighted by molar-refractivity contribution is -0.145. The first kappa shape index (κ1) is 15.8. The summed E-state index contributed by atoms with van der Waals surface area (Å²) < 4.78 is 37.2. The third kappa shape index (κ3) is 4.74. The monoisotopic (exact) mass is 300 g/mol. The first-order chi connectivity index (χ1) is 9.85. The van der Waals surface area contributed by atoms with Crippen molar-refractivity contribution in [3.8, 4) is 0 Å². The fraction of sp³-hybridized carbons (Fsp3) is 0.533. The Morgan fingerprint density at radius 1 is 1.19 bits per heavy atom. The van der Waals surface area contributed by atoms with Crippen molar-refractivity contribution < 1.29 is 18.0 Å². The second-order valence-corrected chi connectivity index (χ2v) is 5.41. The molecule has 0 aliphatic carbocycles. The Bertz CT molecular complexity index is 502. The van der Waals surface area contributed by atoms with Crippen LogP contribution in [0.15, 0.2) is 24.3 Å². The van der Waals surface area contributed by atoms with Crippen molar-refractivity contribution in [1.82, 2.24) is 9.80 Å². The number of nitrogens with zero attached hydrogens (tertiary/aromatic N) is 2. The molecule has 0 unspecified atom stereocenters. The molecule has 1 aliphatic heterocycles. The van der Waals surface area contributed by atoms with Crippen molar-refractivity contribution in [2.24, 2.45) is 0 Å². The zero-order valence-electron chi connectivity index (χ0n) is 12.0. The van der Waals surface area contributed by atoms with Gasteiger partial charge in [-0.3, -0.25) is 9.69 Å². The highest BCUT2D eigenvalue weighted by molar-refractivity contribution is 5.94. The molecule has 0 aromatic heterocycles. The van der Waals surface area contributed by atoms with Gasteiger partial charge in [-0.2, -0.15) is 13.2 Å². The summed E-state index contributed by atoms with van der Waals surface area (Å²) in [6.45, 7) is 2.47. The highest BCUT2D eigenvalue weighted by Gasteiger charge is 2.31. The molecule has 0 N–H and O–H groups in total. The van der Waals surface area contributed by atoms with Crippen molar-refractivity contribution >= 4 is 5.91 Å². The van der Waals surface area contributed by atoms with Gasteiger partial charge in [0.2, 0.25) is 0 Å². The van der Waals surface area contributed by atoms with Crippen LogP contribution in [-0.2, 0) is 0 Å². The summed E-state index contributed by atoms with van der Waals surface area (Å²) in [6, 6.07) is 7.27. The summed E-state index contributed by atoms with van der Waals surface area (Å²) in [7, 11) is 0. The Labute approximate surface area is 122 Å². The van der Waals surface area contributed by atoms with Crippen molar-refractivity contribution in [1.29, 1.82) is 0 Å². The van der Waals surface area contributed by atoms with Crippen LogP contribution in [0.2, 0.25) is 0 Å². The molecule has 0 saturated carbocycles. The molecular formula is C15H19F3N2O. The van der Waals surface area contributed by atoms with Gasteiger partial charge in [0.25, 0.3) is 5.91 Å². The Morgan fingerprint density at radius 2 is 1.95 bits per heavy atom. The summed E-state index contributed by atoms with van der Waals surface area (Å²) in [4.78, 5) is 15.4. The van der Waals surface area contributed by atoms with Gasteiger partial charge in [0.15, 0.2) is 0 Å². The normalized spacial score (nSPS) is 17.6. The van der Waals surface area contributed by atoms with Crippen molar-refractivity contribution in [2.45, 2.75) is 19.5 Å². The Hall–Kier alpha value is -1.56. The second-order valence-electron chi connectivity index (χ2n) is 5.41. The SMILES string of the molecule is Cc1cccc(C(=O)N2CCCN(CC(F)(F)F)CC2)c1. The maximum absolute atomic E-state index is 12.4. The van der Waals surface area contributed by atoms with Gasteiger partial charge in [-0.15, -0.1) is 0 Å². The lowest BCUT2D eigenvalue weighted by Gasteiger charge is -2.23. The van der Waals surface area contributed by atoms with Crippen LogP contribution in [0, 0.1) is 6.92 Å². The van der Waals surface area contributed by atoms with E-state index in [2.05, 4.69) is 0 Å². The van der Waals surface area contributed by atoms with E-state index in [0.29, 0.717) is 31.6 Å². The van der Waals surface area contributed by atoms with E-state index in [4.69, 9.17) is 0 Å². The summed E-state index contributed by atoms with van der Waals surface area (Å²) in [6.07, 6.45) is -3.62. The number of hydrogen-bond acceptors (Lipinski definition) is 2. The number of carbonyl (C=O) groups is 1. The van der Waals surface area contributed by atoms with Gasteiger partial charge >= 0.3 is 6.18 Å². The highest BCUT2D eigenvalue weighted by Crippen LogP contribution is 2.18. The Morgan fingerprint density at radius 3 is 2.62 bits per heavy atom. The standard InChI is InChI=1S/C15H19F3N2O/c1-12-4-2-5-13(10-12)14(21)20-7-3-6-19(8-9-20)11-15(16,17)18/h2,4-5,10H,3,6-9,11H2,1H3. The zero-order valence-corrected chi connectivity index (χ0v) is 12.0. The molecule has 1 aliphatic rings. The van der Waals surface area contributed by atoms with E-state index in [9.17, 15) is 18.0 Å². The number of benzene rings is 1. The predicted octanol–water partition coefficient (Wildman–Crippen LogP) is 2.71. The quantitative estimate of drug-likeness (QED) is 0.838. The van der Waals surface area contributed by atoms with E-state index < -0.39 is 12.7 Å². The maximum atomic E-state index is 12.4. The zero-order chi connectivity index (χ0) is 15.5. The minimum absolute atomic E-state index is 0.104. The fourth-order valence-corrected chi connectivity index (χ4v) is 2.55. The minimum atomic E-state index is -4.18. The lowest BCUT2D eigenvalue weighted by Crippen LogP contribution is -2.38. The van der Waals surface area contributed by atoms with Gasteiger partial charge in [-0.25, -0.2) is 0 Å². The molecule has 2 rings (SSSR count). The predicted molar refractivity (Wildman–Crippen MR) is 74.2 cm³/mol. The molecule has 1 fully saturated rings. The third-order valence-electron chi connectivity index (χ3n) is 3.54. The van der Waals surface area contributed by atoms with E-state index in [1.165, 1.54) is 4.90 Å². The molecular weight excluding hydrogens is 281 g/mol. The van der Waals surface area contributed by atoms with Gasteiger partial charge in [-0.05, 0) is 25.5 Å². The molecule has 1 aromatic carbocycles. The van der Waals surface area contributed by atoms with Crippen molar-refractivity contribution in [3.63, 3.8) is 0 Å².